The first-order chi connectivity index (χ1) is 19.0. The van der Waals surface area contributed by atoms with Gasteiger partial charge < -0.3 is 10.2 Å². The number of alkyl halides is 6. The van der Waals surface area contributed by atoms with Crippen LogP contribution in [0.3, 0.4) is 0 Å². The molecule has 3 rings (SSSR count). The van der Waals surface area contributed by atoms with Gasteiger partial charge in [-0.25, -0.2) is 0 Å². The van der Waals surface area contributed by atoms with Crippen LogP contribution >= 0.6 is 0 Å². The second kappa shape index (κ2) is 11.7. The maximum atomic E-state index is 13.1. The van der Waals surface area contributed by atoms with E-state index in [9.17, 15) is 41.4 Å². The monoisotopic (exact) mass is 578 g/mol. The number of hydrogen-bond acceptors (Lipinski definition) is 2. The minimum absolute atomic E-state index is 0.0717. The summed E-state index contributed by atoms with van der Waals surface area (Å²) >= 11 is 0. The molecule has 0 aliphatic heterocycles. The first kappa shape index (κ1) is 31.9. The molecule has 2 N–H and O–H groups in total. The van der Waals surface area contributed by atoms with E-state index in [0.717, 1.165) is 27.8 Å². The van der Waals surface area contributed by atoms with Gasteiger partial charge in [0, 0.05) is 5.41 Å². The Morgan fingerprint density at radius 2 is 1.44 bits per heavy atom. The standard InChI is InChI=1S/C32H32F6O3/c1-5-29(6-2,27-14-12-23(18-24(27)19-28(39)40)26-10-8-7-9-20(26)3)25-13-11-22(21(4)17-25)15-16-30(41,31(33,34)35)32(36,37)38/h7-18,41H,5-6,19H2,1-4H3,(H,39,40). The quantitative estimate of drug-likeness (QED) is 0.250. The fourth-order valence-corrected chi connectivity index (χ4v) is 5.35. The molecule has 41 heavy (non-hydrogen) atoms. The van der Waals surface area contributed by atoms with Crippen molar-refractivity contribution < 1.29 is 41.4 Å². The van der Waals surface area contributed by atoms with E-state index in [2.05, 4.69) is 0 Å². The number of aliphatic carboxylic acids is 1. The summed E-state index contributed by atoms with van der Waals surface area (Å²) in [5.41, 5.74) is -0.201. The van der Waals surface area contributed by atoms with Crippen LogP contribution < -0.4 is 0 Å². The minimum Gasteiger partial charge on any atom is -0.481 e. The zero-order valence-electron chi connectivity index (χ0n) is 23.1. The molecule has 0 bridgehead atoms. The van der Waals surface area contributed by atoms with Crippen LogP contribution in [0, 0.1) is 13.8 Å². The molecular weight excluding hydrogens is 546 g/mol. The largest absolute Gasteiger partial charge is 0.481 e. The van der Waals surface area contributed by atoms with Crippen molar-refractivity contribution in [1.82, 2.24) is 0 Å². The van der Waals surface area contributed by atoms with Crippen LogP contribution in [0.4, 0.5) is 26.3 Å². The Labute approximate surface area is 235 Å². The first-order valence-electron chi connectivity index (χ1n) is 13.1. The Morgan fingerprint density at radius 1 is 0.829 bits per heavy atom. The molecule has 3 aromatic carbocycles. The highest BCUT2D eigenvalue weighted by molar-refractivity contribution is 5.75. The predicted octanol–water partition coefficient (Wildman–Crippen LogP) is 8.57. The van der Waals surface area contributed by atoms with Gasteiger partial charge in [0.15, 0.2) is 0 Å². The van der Waals surface area contributed by atoms with E-state index in [-0.39, 0.29) is 18.1 Å². The van der Waals surface area contributed by atoms with E-state index in [1.807, 2.05) is 63.2 Å². The lowest BCUT2D eigenvalue weighted by Crippen LogP contribution is -2.55. The van der Waals surface area contributed by atoms with Gasteiger partial charge >= 0.3 is 18.3 Å². The number of aryl methyl sites for hydroxylation is 2. The molecule has 0 atom stereocenters. The summed E-state index contributed by atoms with van der Waals surface area (Å²) in [5.74, 6) is -1.01. The fourth-order valence-electron chi connectivity index (χ4n) is 5.35. The molecule has 0 saturated heterocycles. The van der Waals surface area contributed by atoms with Crippen LogP contribution in [0.1, 0.15) is 60.1 Å². The summed E-state index contributed by atoms with van der Waals surface area (Å²) in [5, 5.41) is 19.2. The molecule has 0 saturated carbocycles. The SMILES string of the molecule is CCC(CC)(c1ccc(C=CC(O)(C(F)(F)F)C(F)(F)F)c(C)c1)c1ccc(-c2ccccc2C)cc1CC(=O)O. The van der Waals surface area contributed by atoms with Crippen molar-refractivity contribution >= 4 is 12.0 Å². The molecule has 0 heterocycles. The molecule has 0 fully saturated rings. The van der Waals surface area contributed by atoms with Crippen LogP contribution in [-0.4, -0.2) is 34.1 Å². The van der Waals surface area contributed by atoms with Gasteiger partial charge in [-0.15, -0.1) is 0 Å². The molecule has 0 spiro atoms. The average molecular weight is 579 g/mol. The summed E-state index contributed by atoms with van der Waals surface area (Å²) < 4.78 is 78.8. The van der Waals surface area contributed by atoms with Crippen LogP contribution in [0.15, 0.2) is 66.7 Å². The zero-order valence-corrected chi connectivity index (χ0v) is 23.1. The van der Waals surface area contributed by atoms with Crippen molar-refractivity contribution in [2.45, 2.75) is 70.3 Å². The van der Waals surface area contributed by atoms with Crippen molar-refractivity contribution in [1.29, 1.82) is 0 Å². The van der Waals surface area contributed by atoms with Crippen molar-refractivity contribution in [2.75, 3.05) is 0 Å². The summed E-state index contributed by atoms with van der Waals surface area (Å²) in [6, 6.07) is 18.2. The van der Waals surface area contributed by atoms with Gasteiger partial charge in [-0.1, -0.05) is 80.6 Å². The van der Waals surface area contributed by atoms with Crippen molar-refractivity contribution in [3.8, 4) is 11.1 Å². The second-order valence-electron chi connectivity index (χ2n) is 10.2. The minimum atomic E-state index is -5.96. The van der Waals surface area contributed by atoms with Gasteiger partial charge in [-0.05, 0) is 77.3 Å². The lowest BCUT2D eigenvalue weighted by atomic mass is 9.68. The molecular formula is C32H32F6O3. The predicted molar refractivity (Wildman–Crippen MR) is 147 cm³/mol. The number of hydrogen-bond donors (Lipinski definition) is 2. The third-order valence-corrected chi connectivity index (χ3v) is 7.82. The molecule has 0 aromatic heterocycles. The molecule has 0 radical (unpaired) electrons. The second-order valence-corrected chi connectivity index (χ2v) is 10.2. The molecule has 220 valence electrons. The van der Waals surface area contributed by atoms with Crippen LogP contribution in [0.5, 0.6) is 0 Å². The number of halogens is 6. The number of carboxylic acids is 1. The molecule has 0 aliphatic rings. The summed E-state index contributed by atoms with van der Waals surface area (Å²) in [6.07, 6.45) is -10.7. The third-order valence-electron chi connectivity index (χ3n) is 7.82. The van der Waals surface area contributed by atoms with E-state index in [1.54, 1.807) is 19.1 Å². The lowest BCUT2D eigenvalue weighted by Gasteiger charge is -2.36. The van der Waals surface area contributed by atoms with Gasteiger partial charge in [0.05, 0.1) is 6.42 Å². The van der Waals surface area contributed by atoms with Crippen LogP contribution in [-0.2, 0) is 16.6 Å². The van der Waals surface area contributed by atoms with E-state index >= 15 is 0 Å². The summed E-state index contributed by atoms with van der Waals surface area (Å²) in [7, 11) is 0. The highest BCUT2D eigenvalue weighted by Crippen LogP contribution is 2.45. The van der Waals surface area contributed by atoms with Crippen molar-refractivity contribution in [3.05, 3.63) is 100 Å². The Balaban J connectivity index is 2.14. The molecule has 0 unspecified atom stereocenters. The Morgan fingerprint density at radius 3 is 1.95 bits per heavy atom. The Kier molecular flexibility index (Phi) is 9.13. The summed E-state index contributed by atoms with van der Waals surface area (Å²) in [6.45, 7) is 7.41. The molecule has 3 aromatic rings. The highest BCUT2D eigenvalue weighted by Gasteiger charge is 2.68. The molecule has 0 amide bonds. The maximum Gasteiger partial charge on any atom is 0.430 e. The van der Waals surface area contributed by atoms with E-state index in [1.165, 1.54) is 6.07 Å². The maximum absolute atomic E-state index is 13.1. The normalized spacial score (nSPS) is 13.1. The number of rotatable bonds is 9. The van der Waals surface area contributed by atoms with Gasteiger partial charge in [0.1, 0.15) is 0 Å². The molecule has 0 aliphatic carbocycles. The van der Waals surface area contributed by atoms with E-state index < -0.39 is 29.3 Å². The van der Waals surface area contributed by atoms with Gasteiger partial charge in [-0.3, -0.25) is 4.79 Å². The zero-order chi connectivity index (χ0) is 30.8. The summed E-state index contributed by atoms with van der Waals surface area (Å²) in [4.78, 5) is 11.9. The number of aliphatic hydroxyl groups is 1. The number of benzene rings is 3. The number of carbonyl (C=O) groups is 1. The van der Waals surface area contributed by atoms with E-state index in [0.29, 0.717) is 30.0 Å². The smallest absolute Gasteiger partial charge is 0.430 e. The first-order valence-corrected chi connectivity index (χ1v) is 13.1. The van der Waals surface area contributed by atoms with Crippen LogP contribution in [0.2, 0.25) is 0 Å². The Hall–Kier alpha value is -3.59. The third kappa shape index (κ3) is 6.20. The topological polar surface area (TPSA) is 57.5 Å². The number of carboxylic acid groups (broad SMARTS) is 1. The van der Waals surface area contributed by atoms with Crippen molar-refractivity contribution in [3.63, 3.8) is 0 Å². The highest BCUT2D eigenvalue weighted by atomic mass is 19.4. The van der Waals surface area contributed by atoms with Crippen molar-refractivity contribution in [2.24, 2.45) is 0 Å². The van der Waals surface area contributed by atoms with E-state index in [4.69, 9.17) is 0 Å². The fraction of sp³-hybridized carbons (Fsp3) is 0.344. The molecule has 9 heteroatoms. The van der Waals surface area contributed by atoms with Gasteiger partial charge in [0.2, 0.25) is 0 Å². The van der Waals surface area contributed by atoms with Crippen LogP contribution in [0.25, 0.3) is 17.2 Å². The lowest BCUT2D eigenvalue weighted by molar-refractivity contribution is -0.347. The van der Waals surface area contributed by atoms with Gasteiger partial charge in [0.25, 0.3) is 5.60 Å². The molecule has 3 nitrogen and oxygen atoms in total. The Bertz CT molecular complexity index is 1420. The van der Waals surface area contributed by atoms with Gasteiger partial charge in [-0.2, -0.15) is 26.3 Å². The average Bonchev–Trinajstić information content (AvgIpc) is 2.88.